The molecule has 0 bridgehead atoms. The summed E-state index contributed by atoms with van der Waals surface area (Å²) < 4.78 is 50.2. The van der Waals surface area contributed by atoms with Gasteiger partial charge in [-0.25, -0.2) is 0 Å². The first kappa shape index (κ1) is 53.0. The van der Waals surface area contributed by atoms with Crippen molar-refractivity contribution in [3.05, 3.63) is 141 Å². The van der Waals surface area contributed by atoms with E-state index >= 15 is 0 Å². The van der Waals surface area contributed by atoms with E-state index in [9.17, 15) is 37.8 Å². The Morgan fingerprint density at radius 1 is 0.730 bits per heavy atom. The molecule has 0 saturated carbocycles. The second-order valence-electron chi connectivity index (χ2n) is 19.3. The minimum absolute atomic E-state index is 0.0202. The van der Waals surface area contributed by atoms with Crippen LogP contribution in [0.1, 0.15) is 99.2 Å². The van der Waals surface area contributed by atoms with Gasteiger partial charge in [-0.2, -0.15) is 8.42 Å². The molecule has 4 heterocycles. The van der Waals surface area contributed by atoms with Gasteiger partial charge >= 0.3 is 0 Å². The summed E-state index contributed by atoms with van der Waals surface area (Å²) >= 11 is 0. The van der Waals surface area contributed by atoms with Gasteiger partial charge in [0.15, 0.2) is 16.7 Å². The van der Waals surface area contributed by atoms with Crippen LogP contribution in [0.3, 0.4) is 0 Å². The van der Waals surface area contributed by atoms with Crippen molar-refractivity contribution in [2.45, 2.75) is 120 Å². The van der Waals surface area contributed by atoms with Crippen LogP contribution in [0, 0.1) is 6.92 Å². The standard InChI is InChI=1S/C56H61N3O12S3/c1-6-41(60)16-15-33(3)73-72-18-17-53(74(66,67)69-5)54(63)57-40-21-34(30-70-50-27-38-25-48(61)46-23-36-11-7-9-13-44(36)58(46)55(64)42(38)19-32(50)2)20-35(22-40)31-71-52-28-39-26-49(62)47-24-37-12-8-10-14-45(37)59(47)56(65)43(39)29-51(52)68-4/h7-14,19-22,27-29,33,46-49,53,61-62H,6,15-18,23-26,30-31H2,1-5H3,(H,57,63)/t33?,46-,47-,48?,49?,53?/m0/s1. The average Bonchev–Trinajstić information content (AvgIpc) is 3.95. The number of aliphatic hydroxyl groups is 2. The second-order valence-corrected chi connectivity index (χ2v) is 24.1. The van der Waals surface area contributed by atoms with E-state index in [-0.39, 0.29) is 61.0 Å². The van der Waals surface area contributed by atoms with Crippen molar-refractivity contribution in [1.29, 1.82) is 0 Å². The van der Waals surface area contributed by atoms with Crippen LogP contribution in [0.5, 0.6) is 17.2 Å². The average molecular weight is 1060 g/mol. The first-order valence-electron chi connectivity index (χ1n) is 24.9. The Kier molecular flexibility index (Phi) is 16.1. The number of ether oxygens (including phenoxy) is 3. The van der Waals surface area contributed by atoms with Gasteiger partial charge in [0, 0.05) is 64.9 Å². The number of anilines is 3. The first-order chi connectivity index (χ1) is 35.6. The maximum Gasteiger partial charge on any atom is 0.279 e. The van der Waals surface area contributed by atoms with Crippen LogP contribution in [-0.4, -0.2) is 96.9 Å². The maximum absolute atomic E-state index is 14.2. The zero-order valence-electron chi connectivity index (χ0n) is 42.0. The largest absolute Gasteiger partial charge is 0.493 e. The zero-order chi connectivity index (χ0) is 52.4. The summed E-state index contributed by atoms with van der Waals surface area (Å²) in [4.78, 5) is 57.7. The number of benzene rings is 5. The summed E-state index contributed by atoms with van der Waals surface area (Å²) in [5.74, 6) is 0.373. The first-order valence-corrected chi connectivity index (χ1v) is 28.7. The van der Waals surface area contributed by atoms with Crippen LogP contribution < -0.4 is 29.3 Å². The highest BCUT2D eigenvalue weighted by molar-refractivity contribution is 8.76. The molecule has 0 aromatic heterocycles. The number of methoxy groups -OCH3 is 1. The van der Waals surface area contributed by atoms with E-state index in [0.717, 1.165) is 29.6 Å². The molecule has 15 nitrogen and oxygen atoms in total. The summed E-state index contributed by atoms with van der Waals surface area (Å²) in [7, 11) is 1.13. The minimum Gasteiger partial charge on any atom is -0.493 e. The Labute approximate surface area is 439 Å². The van der Waals surface area contributed by atoms with Crippen LogP contribution in [0.2, 0.25) is 0 Å². The van der Waals surface area contributed by atoms with E-state index < -0.39 is 45.6 Å². The van der Waals surface area contributed by atoms with Crippen molar-refractivity contribution < 1.29 is 56.2 Å². The van der Waals surface area contributed by atoms with Crippen LogP contribution in [0.25, 0.3) is 0 Å². The minimum atomic E-state index is -4.34. The topological polar surface area (TPSA) is 198 Å². The molecule has 74 heavy (non-hydrogen) atoms. The Hall–Kier alpha value is -5.89. The van der Waals surface area contributed by atoms with E-state index in [0.29, 0.717) is 94.0 Å². The smallest absolute Gasteiger partial charge is 0.279 e. The van der Waals surface area contributed by atoms with Gasteiger partial charge in [0.2, 0.25) is 5.91 Å². The molecule has 0 saturated heterocycles. The van der Waals surface area contributed by atoms with Gasteiger partial charge in [-0.15, -0.1) is 0 Å². The number of aryl methyl sites for hydroxylation is 1. The highest BCUT2D eigenvalue weighted by atomic mass is 33.1. The number of carbonyl (C=O) groups excluding carboxylic acids is 4. The van der Waals surface area contributed by atoms with Crippen LogP contribution >= 0.6 is 21.6 Å². The van der Waals surface area contributed by atoms with Gasteiger partial charge in [0.1, 0.15) is 24.7 Å². The molecule has 0 aliphatic carbocycles. The quantitative estimate of drug-likeness (QED) is 0.0382. The van der Waals surface area contributed by atoms with Crippen molar-refractivity contribution >= 4 is 72.3 Å². The Balaban J connectivity index is 0.974. The molecule has 4 aliphatic heterocycles. The molecule has 4 unspecified atom stereocenters. The van der Waals surface area contributed by atoms with Crippen LogP contribution in [0.4, 0.5) is 17.1 Å². The third-order valence-corrected chi connectivity index (χ3v) is 19.0. The molecule has 18 heteroatoms. The second kappa shape index (κ2) is 22.5. The molecule has 0 radical (unpaired) electrons. The molecule has 390 valence electrons. The molecule has 0 spiro atoms. The number of hydrogen-bond acceptors (Lipinski definition) is 14. The number of para-hydroxylation sites is 2. The van der Waals surface area contributed by atoms with Crippen molar-refractivity contribution in [2.75, 3.05) is 35.1 Å². The molecule has 4 aliphatic rings. The number of Topliss-reactive ketones (excluding diaryl/α,β-unsaturated/α-hetero) is 1. The lowest BCUT2D eigenvalue weighted by Crippen LogP contribution is -2.43. The summed E-state index contributed by atoms with van der Waals surface area (Å²) in [5.41, 5.74) is 7.82. The predicted octanol–water partition coefficient (Wildman–Crippen LogP) is 8.34. The van der Waals surface area contributed by atoms with E-state index in [1.165, 1.54) is 28.7 Å². The van der Waals surface area contributed by atoms with Crippen LogP contribution in [0.15, 0.2) is 91.0 Å². The highest BCUT2D eigenvalue weighted by Crippen LogP contribution is 2.42. The van der Waals surface area contributed by atoms with Gasteiger partial charge in [0.05, 0.1) is 38.5 Å². The van der Waals surface area contributed by atoms with E-state index in [4.69, 9.17) is 18.4 Å². The number of carbonyl (C=O) groups is 4. The normalized spacial score (nSPS) is 19.4. The van der Waals surface area contributed by atoms with Gasteiger partial charge in [0.25, 0.3) is 21.9 Å². The number of aliphatic hydroxyl groups excluding tert-OH is 2. The fourth-order valence-electron chi connectivity index (χ4n) is 10.4. The number of nitrogens with zero attached hydrogens (tertiary/aromatic N) is 2. The molecule has 3 N–H and O–H groups in total. The fourth-order valence-corrected chi connectivity index (χ4v) is 14.0. The molecule has 5 aromatic rings. The number of rotatable bonds is 20. The lowest BCUT2D eigenvalue weighted by Gasteiger charge is -2.26. The number of hydrogen-bond donors (Lipinski definition) is 3. The van der Waals surface area contributed by atoms with E-state index in [1.54, 1.807) is 46.2 Å². The van der Waals surface area contributed by atoms with Gasteiger partial charge in [-0.1, -0.05) is 71.8 Å². The fraction of sp³-hybridized carbons (Fsp3) is 0.393. The summed E-state index contributed by atoms with van der Waals surface area (Å²) in [6, 6.07) is 26.6. The van der Waals surface area contributed by atoms with Crippen molar-refractivity contribution in [1.82, 2.24) is 0 Å². The zero-order valence-corrected chi connectivity index (χ0v) is 44.4. The molecular formula is C56H61N3O12S3. The molecule has 0 fully saturated rings. The van der Waals surface area contributed by atoms with E-state index in [1.807, 2.05) is 75.4 Å². The van der Waals surface area contributed by atoms with Gasteiger partial charge < -0.3 is 39.5 Å². The number of amides is 3. The molecule has 5 aromatic carbocycles. The Morgan fingerprint density at radius 3 is 1.85 bits per heavy atom. The summed E-state index contributed by atoms with van der Waals surface area (Å²) in [6.07, 6.45) is 1.44. The molecule has 6 atom stereocenters. The van der Waals surface area contributed by atoms with E-state index in [2.05, 4.69) is 5.32 Å². The SMILES string of the molecule is CCC(=O)CCC(C)SSCCC(C(=O)Nc1cc(COc2cc3c(cc2C)C(=O)N2c4ccccc4C[C@H]2C(O)C3)cc(COc2cc3c(cc2OC)C(=O)N2c4ccccc4C[C@H]2C(O)C3)c1)S(=O)(=O)OC. The Morgan fingerprint density at radius 2 is 1.28 bits per heavy atom. The predicted molar refractivity (Wildman–Crippen MR) is 287 cm³/mol. The molecule has 3 amide bonds. The highest BCUT2D eigenvalue weighted by Gasteiger charge is 2.44. The number of fused-ring (bicyclic) bond motifs is 8. The van der Waals surface area contributed by atoms with Gasteiger partial charge in [-0.05, 0) is 126 Å². The van der Waals surface area contributed by atoms with Crippen LogP contribution in [-0.2, 0) is 62.8 Å². The lowest BCUT2D eigenvalue weighted by atomic mass is 9.96. The summed E-state index contributed by atoms with van der Waals surface area (Å²) in [5, 5.41) is 24.4. The third-order valence-electron chi connectivity index (χ3n) is 14.4. The van der Waals surface area contributed by atoms with Crippen molar-refractivity contribution in [3.63, 3.8) is 0 Å². The monoisotopic (exact) mass is 1060 g/mol. The molecular weight excluding hydrogens is 1000 g/mol. The lowest BCUT2D eigenvalue weighted by molar-refractivity contribution is -0.119. The Bertz CT molecular complexity index is 3090. The number of nitrogens with one attached hydrogen (secondary N) is 1. The maximum atomic E-state index is 14.2. The van der Waals surface area contributed by atoms with Crippen molar-refractivity contribution in [3.8, 4) is 17.2 Å². The molecule has 9 rings (SSSR count). The number of ketones is 1. The third kappa shape index (κ3) is 11.1. The summed E-state index contributed by atoms with van der Waals surface area (Å²) in [6.45, 7) is 5.60. The van der Waals surface area contributed by atoms with Gasteiger partial charge in [-0.3, -0.25) is 23.4 Å². The van der Waals surface area contributed by atoms with Crippen molar-refractivity contribution in [2.24, 2.45) is 0 Å².